The number of nitrogens with one attached hydrogen (secondary N) is 3. The summed E-state index contributed by atoms with van der Waals surface area (Å²) in [4.78, 5) is 15.9. The van der Waals surface area contributed by atoms with E-state index in [1.807, 2.05) is 0 Å². The van der Waals surface area contributed by atoms with E-state index in [1.165, 1.54) is 12.4 Å². The number of carbonyl (C=O) groups excluding carboxylic acids is 1. The zero-order chi connectivity index (χ0) is 21.0. The molecule has 0 fully saturated rings. The van der Waals surface area contributed by atoms with Crippen LogP contribution in [0.15, 0.2) is 48.9 Å². The minimum Gasteiger partial charge on any atom is -0.404 e. The number of amides is 2. The minimum atomic E-state index is -4.49. The average Bonchev–Trinajstić information content (AvgIpc) is 3.10. The second-order valence-electron chi connectivity index (χ2n) is 5.93. The van der Waals surface area contributed by atoms with E-state index in [9.17, 15) is 18.0 Å². The number of benzene rings is 1. The molecule has 3 aromatic rings. The van der Waals surface area contributed by atoms with E-state index in [-0.39, 0.29) is 0 Å². The van der Waals surface area contributed by atoms with E-state index < -0.39 is 18.8 Å². The van der Waals surface area contributed by atoms with Crippen molar-refractivity contribution in [2.45, 2.75) is 6.18 Å². The lowest BCUT2D eigenvalue weighted by Crippen LogP contribution is -2.36. The highest BCUT2D eigenvalue weighted by Crippen LogP contribution is 2.24. The third kappa shape index (κ3) is 4.69. The molecule has 5 N–H and O–H groups in total. The zero-order valence-electron chi connectivity index (χ0n) is 14.9. The molecular formula is C18H16F3N7O. The smallest absolute Gasteiger partial charge is 0.404 e. The number of nitrogens with two attached hydrogens (primary N) is 1. The Hall–Kier alpha value is -3.89. The van der Waals surface area contributed by atoms with E-state index >= 15 is 0 Å². The van der Waals surface area contributed by atoms with Crippen molar-refractivity contribution in [1.29, 1.82) is 5.41 Å². The van der Waals surface area contributed by atoms with Gasteiger partial charge >= 0.3 is 12.2 Å². The van der Waals surface area contributed by atoms with Gasteiger partial charge in [0.15, 0.2) is 5.65 Å². The molecule has 29 heavy (non-hydrogen) atoms. The van der Waals surface area contributed by atoms with Crippen LogP contribution < -0.4 is 16.4 Å². The number of hydrogen-bond acceptors (Lipinski definition) is 5. The monoisotopic (exact) mass is 403 g/mol. The fourth-order valence-electron chi connectivity index (χ4n) is 2.57. The summed E-state index contributed by atoms with van der Waals surface area (Å²) in [5.41, 5.74) is 8.68. The van der Waals surface area contributed by atoms with Crippen molar-refractivity contribution in [3.63, 3.8) is 0 Å². The third-order valence-corrected chi connectivity index (χ3v) is 3.90. The SMILES string of the molecule is N=CC(=CN)c1cnn2c(-c3cccc(NC(=O)NCC(F)(F)F)c3)cnc2c1. The molecule has 0 unspecified atom stereocenters. The molecule has 2 heterocycles. The molecule has 3 rings (SSSR count). The van der Waals surface area contributed by atoms with Gasteiger partial charge < -0.3 is 21.8 Å². The van der Waals surface area contributed by atoms with Crippen molar-refractivity contribution in [3.05, 3.63) is 54.5 Å². The molecule has 0 saturated heterocycles. The Balaban J connectivity index is 1.84. The number of allylic oxidation sites excluding steroid dienone is 1. The van der Waals surface area contributed by atoms with Gasteiger partial charge in [-0.3, -0.25) is 0 Å². The third-order valence-electron chi connectivity index (χ3n) is 3.90. The molecule has 0 spiro atoms. The van der Waals surface area contributed by atoms with Gasteiger partial charge in [0.1, 0.15) is 6.54 Å². The molecule has 150 valence electrons. The molecule has 0 aliphatic heterocycles. The molecule has 0 atom stereocenters. The van der Waals surface area contributed by atoms with Crippen LogP contribution >= 0.6 is 0 Å². The fraction of sp³-hybridized carbons (Fsp3) is 0.111. The average molecular weight is 403 g/mol. The van der Waals surface area contributed by atoms with E-state index in [4.69, 9.17) is 11.1 Å². The standard InChI is InChI=1S/C18H16F3N7O/c19-18(20,21)10-25-17(29)27-14-3-1-2-11(4-14)15-9-24-16-5-12(8-26-28(15)16)13(6-22)7-23/h1-9,22H,10,23H2,(H2,25,27,29). The molecular weight excluding hydrogens is 387 g/mol. The number of hydrogen-bond donors (Lipinski definition) is 4. The van der Waals surface area contributed by atoms with E-state index in [1.54, 1.807) is 46.4 Å². The molecule has 8 nitrogen and oxygen atoms in total. The summed E-state index contributed by atoms with van der Waals surface area (Å²) in [7, 11) is 0. The Kier molecular flexibility index (Phi) is 5.48. The van der Waals surface area contributed by atoms with Crippen molar-refractivity contribution in [2.75, 3.05) is 11.9 Å². The van der Waals surface area contributed by atoms with Crippen LogP contribution in [0.2, 0.25) is 0 Å². The fourth-order valence-corrected chi connectivity index (χ4v) is 2.57. The Morgan fingerprint density at radius 1 is 1.28 bits per heavy atom. The lowest BCUT2D eigenvalue weighted by atomic mass is 10.1. The highest BCUT2D eigenvalue weighted by Gasteiger charge is 2.27. The summed E-state index contributed by atoms with van der Waals surface area (Å²) in [5.74, 6) is 0. The van der Waals surface area contributed by atoms with Crippen molar-refractivity contribution < 1.29 is 18.0 Å². The summed E-state index contributed by atoms with van der Waals surface area (Å²) >= 11 is 0. The predicted octanol–water partition coefficient (Wildman–Crippen LogP) is 3.03. The zero-order valence-corrected chi connectivity index (χ0v) is 14.9. The first-order valence-electron chi connectivity index (χ1n) is 8.29. The molecule has 0 aliphatic rings. The minimum absolute atomic E-state index is 0.311. The second-order valence-corrected chi connectivity index (χ2v) is 5.93. The van der Waals surface area contributed by atoms with Gasteiger partial charge in [-0.2, -0.15) is 18.3 Å². The van der Waals surface area contributed by atoms with Gasteiger partial charge in [-0.05, 0) is 18.2 Å². The Labute approximate surface area is 162 Å². The van der Waals surface area contributed by atoms with Crippen LogP contribution in [-0.2, 0) is 0 Å². The summed E-state index contributed by atoms with van der Waals surface area (Å²) in [6, 6.07) is 7.29. The maximum Gasteiger partial charge on any atom is 0.405 e. The van der Waals surface area contributed by atoms with Gasteiger partial charge in [-0.15, -0.1) is 0 Å². The Bertz CT molecular complexity index is 1090. The number of anilines is 1. The summed E-state index contributed by atoms with van der Waals surface area (Å²) in [6.45, 7) is -1.42. The van der Waals surface area contributed by atoms with Crippen molar-refractivity contribution in [3.8, 4) is 11.3 Å². The molecule has 0 aliphatic carbocycles. The van der Waals surface area contributed by atoms with Crippen molar-refractivity contribution in [1.82, 2.24) is 19.9 Å². The van der Waals surface area contributed by atoms with Crippen molar-refractivity contribution in [2.24, 2.45) is 5.73 Å². The van der Waals surface area contributed by atoms with Gasteiger partial charge in [0.25, 0.3) is 0 Å². The largest absolute Gasteiger partial charge is 0.405 e. The number of halogens is 3. The summed E-state index contributed by atoms with van der Waals surface area (Å²) in [5, 5.41) is 15.8. The van der Waals surface area contributed by atoms with Gasteiger partial charge in [0, 0.05) is 34.8 Å². The predicted molar refractivity (Wildman–Crippen MR) is 102 cm³/mol. The van der Waals surface area contributed by atoms with E-state index in [0.29, 0.717) is 33.7 Å². The first-order valence-corrected chi connectivity index (χ1v) is 8.29. The van der Waals surface area contributed by atoms with E-state index in [2.05, 4.69) is 15.4 Å². The molecule has 0 saturated carbocycles. The number of rotatable bonds is 5. The molecule has 2 aromatic heterocycles. The molecule has 11 heteroatoms. The van der Waals surface area contributed by atoms with Gasteiger partial charge in [-0.25, -0.2) is 14.3 Å². The molecule has 0 bridgehead atoms. The van der Waals surface area contributed by atoms with Crippen LogP contribution in [0.25, 0.3) is 22.5 Å². The number of urea groups is 1. The number of carbonyl (C=O) groups is 1. The van der Waals surface area contributed by atoms with Crippen LogP contribution in [0.5, 0.6) is 0 Å². The number of imidazole rings is 1. The van der Waals surface area contributed by atoms with Crippen LogP contribution in [0, 0.1) is 5.41 Å². The lowest BCUT2D eigenvalue weighted by molar-refractivity contribution is -0.122. The van der Waals surface area contributed by atoms with Crippen LogP contribution in [0.3, 0.4) is 0 Å². The highest BCUT2D eigenvalue weighted by molar-refractivity contribution is 6.08. The number of fused-ring (bicyclic) bond motifs is 1. The summed E-state index contributed by atoms with van der Waals surface area (Å²) in [6.07, 6.45) is 1.02. The van der Waals surface area contributed by atoms with Gasteiger partial charge in [-0.1, -0.05) is 12.1 Å². The molecule has 0 radical (unpaired) electrons. The highest BCUT2D eigenvalue weighted by atomic mass is 19.4. The van der Waals surface area contributed by atoms with Crippen LogP contribution in [0.1, 0.15) is 5.56 Å². The summed E-state index contributed by atoms with van der Waals surface area (Å²) < 4.78 is 38.1. The first kappa shape index (κ1) is 19.9. The van der Waals surface area contributed by atoms with Crippen LogP contribution in [-0.4, -0.2) is 39.6 Å². The first-order chi connectivity index (χ1) is 13.8. The van der Waals surface area contributed by atoms with Crippen LogP contribution in [0.4, 0.5) is 23.7 Å². The molecule has 1 aromatic carbocycles. The molecule has 2 amide bonds. The number of alkyl halides is 3. The second kappa shape index (κ2) is 8.00. The topological polar surface area (TPSA) is 121 Å². The van der Waals surface area contributed by atoms with Gasteiger partial charge in [0.2, 0.25) is 0 Å². The maximum absolute atomic E-state index is 12.2. The maximum atomic E-state index is 12.2. The Morgan fingerprint density at radius 3 is 2.76 bits per heavy atom. The number of nitrogens with zero attached hydrogens (tertiary/aromatic N) is 3. The van der Waals surface area contributed by atoms with Crippen molar-refractivity contribution >= 4 is 29.2 Å². The Morgan fingerprint density at radius 2 is 2.07 bits per heavy atom. The van der Waals surface area contributed by atoms with Gasteiger partial charge in [0.05, 0.1) is 18.1 Å². The van der Waals surface area contributed by atoms with E-state index in [0.717, 1.165) is 6.21 Å². The normalized spacial score (nSPS) is 12.0. The number of aromatic nitrogens is 3. The quantitative estimate of drug-likeness (QED) is 0.489. The lowest BCUT2D eigenvalue weighted by Gasteiger charge is -2.10.